The first-order valence-corrected chi connectivity index (χ1v) is 10.1. The van der Waals surface area contributed by atoms with Gasteiger partial charge in [-0.1, -0.05) is 5.57 Å². The number of carbonyl (C=O) groups excluding carboxylic acids is 4. The molecule has 0 aromatic rings. The van der Waals surface area contributed by atoms with E-state index in [2.05, 4.69) is 5.32 Å². The number of carbonyl (C=O) groups is 4. The molecule has 8 heteroatoms. The highest BCUT2D eigenvalue weighted by Gasteiger charge is 2.35. The van der Waals surface area contributed by atoms with Gasteiger partial charge in [0.05, 0.1) is 0 Å². The average molecular weight is 390 g/mol. The first-order valence-electron chi connectivity index (χ1n) is 10.1. The lowest BCUT2D eigenvalue weighted by molar-refractivity contribution is -0.147. The van der Waals surface area contributed by atoms with Crippen LogP contribution in [0.4, 0.5) is 0 Å². The summed E-state index contributed by atoms with van der Waals surface area (Å²) >= 11 is 0. The van der Waals surface area contributed by atoms with Crippen LogP contribution < -0.4 is 5.32 Å². The van der Waals surface area contributed by atoms with E-state index < -0.39 is 0 Å². The molecule has 2 unspecified atom stereocenters. The molecule has 1 N–H and O–H groups in total. The van der Waals surface area contributed by atoms with Gasteiger partial charge in [0.2, 0.25) is 23.6 Å². The van der Waals surface area contributed by atoms with E-state index in [1.165, 1.54) is 0 Å². The van der Waals surface area contributed by atoms with E-state index >= 15 is 0 Å². The summed E-state index contributed by atoms with van der Waals surface area (Å²) in [5.74, 6) is -0.113. The fourth-order valence-corrected chi connectivity index (χ4v) is 4.20. The molecule has 3 saturated heterocycles. The zero-order chi connectivity index (χ0) is 20.3. The van der Waals surface area contributed by atoms with E-state index in [0.717, 1.165) is 18.4 Å². The van der Waals surface area contributed by atoms with Crippen LogP contribution in [0.5, 0.6) is 0 Å². The van der Waals surface area contributed by atoms with Crippen LogP contribution in [-0.4, -0.2) is 83.1 Å². The van der Waals surface area contributed by atoms with Crippen molar-refractivity contribution in [3.63, 3.8) is 0 Å². The van der Waals surface area contributed by atoms with Gasteiger partial charge in [-0.15, -0.1) is 0 Å². The summed E-state index contributed by atoms with van der Waals surface area (Å²) in [6.45, 7) is 6.08. The number of piperidine rings is 1. The minimum atomic E-state index is -0.118. The van der Waals surface area contributed by atoms with E-state index in [-0.39, 0.29) is 42.3 Å². The van der Waals surface area contributed by atoms with Crippen molar-refractivity contribution in [3.05, 3.63) is 11.6 Å². The molecule has 2 atom stereocenters. The molecule has 154 valence electrons. The summed E-state index contributed by atoms with van der Waals surface area (Å²) < 4.78 is 0. The molecule has 0 radical (unpaired) electrons. The summed E-state index contributed by atoms with van der Waals surface area (Å²) in [7, 11) is 0. The molecule has 4 amide bonds. The minimum Gasteiger partial charge on any atom is -0.353 e. The highest BCUT2D eigenvalue weighted by Crippen LogP contribution is 2.21. The van der Waals surface area contributed by atoms with Crippen LogP contribution in [0.15, 0.2) is 11.6 Å². The molecule has 0 aromatic carbocycles. The molecule has 0 bridgehead atoms. The molecule has 0 aromatic heterocycles. The molecule has 3 aliphatic rings. The predicted molar refractivity (Wildman–Crippen MR) is 103 cm³/mol. The predicted octanol–water partition coefficient (Wildman–Crippen LogP) is 0.283. The van der Waals surface area contributed by atoms with Gasteiger partial charge >= 0.3 is 0 Å². The summed E-state index contributed by atoms with van der Waals surface area (Å²) in [5.41, 5.74) is 0.916. The van der Waals surface area contributed by atoms with Gasteiger partial charge in [0, 0.05) is 57.2 Å². The number of allylic oxidation sites excluding steroid dienone is 1. The Morgan fingerprint density at radius 1 is 1.11 bits per heavy atom. The van der Waals surface area contributed by atoms with Crippen molar-refractivity contribution in [1.29, 1.82) is 0 Å². The quantitative estimate of drug-likeness (QED) is 0.699. The third-order valence-corrected chi connectivity index (χ3v) is 5.68. The molecule has 28 heavy (non-hydrogen) atoms. The number of piperazine rings is 1. The Balaban J connectivity index is 1.53. The van der Waals surface area contributed by atoms with Crippen LogP contribution in [0.3, 0.4) is 0 Å². The third-order valence-electron chi connectivity index (χ3n) is 5.68. The first kappa shape index (κ1) is 20.4. The standard InChI is InChI=1S/C20H30N4O4/c1-14(2)10-18(26)23-8-9-24(20(28)13-23)16-4-3-7-22(12-16)19(27)11-15-5-6-17(25)21-15/h10,15-16H,3-9,11-13H2,1-2H3,(H,21,25). The summed E-state index contributed by atoms with van der Waals surface area (Å²) in [4.78, 5) is 54.0. The van der Waals surface area contributed by atoms with E-state index in [4.69, 9.17) is 0 Å². The molecule has 0 aliphatic carbocycles. The lowest BCUT2D eigenvalue weighted by Crippen LogP contribution is -2.59. The van der Waals surface area contributed by atoms with Crippen molar-refractivity contribution in [2.45, 2.75) is 58.0 Å². The van der Waals surface area contributed by atoms with E-state index in [9.17, 15) is 19.2 Å². The Morgan fingerprint density at radius 3 is 2.54 bits per heavy atom. The number of hydrogen-bond acceptors (Lipinski definition) is 4. The van der Waals surface area contributed by atoms with Crippen molar-refractivity contribution < 1.29 is 19.2 Å². The maximum absolute atomic E-state index is 12.6. The van der Waals surface area contributed by atoms with E-state index in [1.54, 1.807) is 11.0 Å². The largest absolute Gasteiger partial charge is 0.353 e. The van der Waals surface area contributed by atoms with Gasteiger partial charge in [0.15, 0.2) is 0 Å². The van der Waals surface area contributed by atoms with Crippen molar-refractivity contribution in [3.8, 4) is 0 Å². The number of nitrogens with one attached hydrogen (secondary N) is 1. The van der Waals surface area contributed by atoms with Gasteiger partial charge in [-0.05, 0) is 33.1 Å². The third kappa shape index (κ3) is 4.91. The molecule has 3 fully saturated rings. The monoisotopic (exact) mass is 390 g/mol. The average Bonchev–Trinajstić information content (AvgIpc) is 3.05. The molecule has 3 aliphatic heterocycles. The van der Waals surface area contributed by atoms with Crippen LogP contribution in [-0.2, 0) is 19.2 Å². The highest BCUT2D eigenvalue weighted by atomic mass is 16.2. The maximum atomic E-state index is 12.6. The lowest BCUT2D eigenvalue weighted by Gasteiger charge is -2.43. The molecule has 8 nitrogen and oxygen atoms in total. The lowest BCUT2D eigenvalue weighted by atomic mass is 10.0. The summed E-state index contributed by atoms with van der Waals surface area (Å²) in [6, 6.07) is -0.0595. The fraction of sp³-hybridized carbons (Fsp3) is 0.700. The van der Waals surface area contributed by atoms with Crippen molar-refractivity contribution in [2.24, 2.45) is 0 Å². The zero-order valence-electron chi connectivity index (χ0n) is 16.8. The number of likely N-dealkylation sites (tertiary alicyclic amines) is 1. The molecule has 0 spiro atoms. The van der Waals surface area contributed by atoms with Crippen LogP contribution in [0.2, 0.25) is 0 Å². The topological polar surface area (TPSA) is 90.0 Å². The van der Waals surface area contributed by atoms with Crippen LogP contribution >= 0.6 is 0 Å². The molecule has 0 saturated carbocycles. The van der Waals surface area contributed by atoms with Crippen LogP contribution in [0.1, 0.15) is 46.0 Å². The Labute approximate surface area is 165 Å². The van der Waals surface area contributed by atoms with Gasteiger partial charge in [-0.2, -0.15) is 0 Å². The van der Waals surface area contributed by atoms with Crippen molar-refractivity contribution in [1.82, 2.24) is 20.0 Å². The maximum Gasteiger partial charge on any atom is 0.247 e. The first-order chi connectivity index (χ1) is 13.3. The molecule has 3 rings (SSSR count). The van der Waals surface area contributed by atoms with E-state index in [1.807, 2.05) is 23.6 Å². The van der Waals surface area contributed by atoms with E-state index in [0.29, 0.717) is 45.4 Å². The highest BCUT2D eigenvalue weighted by molar-refractivity contribution is 5.92. The van der Waals surface area contributed by atoms with Gasteiger partial charge < -0.3 is 20.0 Å². The SMILES string of the molecule is CC(C)=CC(=O)N1CCN(C2CCCN(C(=O)CC3CCC(=O)N3)C2)C(=O)C1. The number of hydrogen-bond donors (Lipinski definition) is 1. The van der Waals surface area contributed by atoms with Gasteiger partial charge in [0.1, 0.15) is 6.54 Å². The number of nitrogens with zero attached hydrogens (tertiary/aromatic N) is 3. The van der Waals surface area contributed by atoms with Gasteiger partial charge in [-0.3, -0.25) is 19.2 Å². The van der Waals surface area contributed by atoms with Crippen molar-refractivity contribution >= 4 is 23.6 Å². The Hall–Kier alpha value is -2.38. The fourth-order valence-electron chi connectivity index (χ4n) is 4.20. The zero-order valence-corrected chi connectivity index (χ0v) is 16.8. The van der Waals surface area contributed by atoms with Crippen LogP contribution in [0, 0.1) is 0 Å². The Bertz CT molecular complexity index is 686. The number of rotatable bonds is 4. The van der Waals surface area contributed by atoms with Crippen molar-refractivity contribution in [2.75, 3.05) is 32.7 Å². The molecular formula is C20H30N4O4. The summed E-state index contributed by atoms with van der Waals surface area (Å²) in [6.07, 6.45) is 4.82. The second-order valence-electron chi connectivity index (χ2n) is 8.21. The minimum absolute atomic E-state index is 0.00377. The second-order valence-corrected chi connectivity index (χ2v) is 8.21. The second kappa shape index (κ2) is 8.75. The Morgan fingerprint density at radius 2 is 1.89 bits per heavy atom. The van der Waals surface area contributed by atoms with Gasteiger partial charge in [-0.25, -0.2) is 0 Å². The normalized spacial score (nSPS) is 25.6. The molecular weight excluding hydrogens is 360 g/mol. The van der Waals surface area contributed by atoms with Gasteiger partial charge in [0.25, 0.3) is 0 Å². The van der Waals surface area contributed by atoms with Crippen LogP contribution in [0.25, 0.3) is 0 Å². The Kier molecular flexibility index (Phi) is 6.36. The summed E-state index contributed by atoms with van der Waals surface area (Å²) in [5, 5.41) is 2.84. The molecule has 3 heterocycles. The smallest absolute Gasteiger partial charge is 0.247 e. The number of amides is 4.